The molecule has 0 radical (unpaired) electrons. The first-order valence-electron chi connectivity index (χ1n) is 22.9. The molecule has 0 bridgehead atoms. The highest BCUT2D eigenvalue weighted by atomic mass is 16.4. The third-order valence-corrected chi connectivity index (χ3v) is 12.9. The number of nitrogens with zero attached hydrogens (tertiary/aromatic N) is 5. The highest BCUT2D eigenvalue weighted by Crippen LogP contribution is 2.43. The number of aliphatic imine (C=N–C) groups is 2. The summed E-state index contributed by atoms with van der Waals surface area (Å²) >= 11 is 0. The molecule has 1 aliphatic heterocycles. The highest BCUT2D eigenvalue weighted by molar-refractivity contribution is 6.11. The summed E-state index contributed by atoms with van der Waals surface area (Å²) in [4.78, 5) is 17.4. The van der Waals surface area contributed by atoms with Gasteiger partial charge in [0.1, 0.15) is 34.9 Å². The van der Waals surface area contributed by atoms with Gasteiger partial charge in [0.25, 0.3) is 0 Å². The van der Waals surface area contributed by atoms with E-state index in [0.29, 0.717) is 25.6 Å². The van der Waals surface area contributed by atoms with E-state index >= 15 is 0 Å². The lowest BCUT2D eigenvalue weighted by molar-refractivity contribution is 0.564. The van der Waals surface area contributed by atoms with Gasteiger partial charge in [-0.3, -0.25) is 14.9 Å². The molecule has 1 atom stereocenters. The first-order valence-corrected chi connectivity index (χ1v) is 22.9. The van der Waals surface area contributed by atoms with E-state index in [0.717, 1.165) is 124 Å². The van der Waals surface area contributed by atoms with Crippen molar-refractivity contribution in [3.8, 4) is 0 Å². The molecular formula is C59H49N5O3. The summed E-state index contributed by atoms with van der Waals surface area (Å²) in [6.07, 6.45) is 35.7. The van der Waals surface area contributed by atoms with Crippen molar-refractivity contribution < 1.29 is 13.3 Å². The third-order valence-electron chi connectivity index (χ3n) is 12.9. The van der Waals surface area contributed by atoms with Crippen LogP contribution in [0, 0.1) is 0 Å². The Morgan fingerprint density at radius 1 is 0.836 bits per heavy atom. The maximum Gasteiger partial charge on any atom is 0.303 e. The Hall–Kier alpha value is -8.23. The van der Waals surface area contributed by atoms with E-state index in [1.165, 1.54) is 0 Å². The number of hydrogen-bond acceptors (Lipinski definition) is 7. The van der Waals surface area contributed by atoms with Crippen LogP contribution < -0.4 is 4.90 Å². The quantitative estimate of drug-likeness (QED) is 0.128. The number of para-hydroxylation sites is 2. The smallest absolute Gasteiger partial charge is 0.303 e. The lowest BCUT2D eigenvalue weighted by Gasteiger charge is -2.25. The van der Waals surface area contributed by atoms with Crippen LogP contribution >= 0.6 is 0 Å². The summed E-state index contributed by atoms with van der Waals surface area (Å²) in [5.74, 6) is 1.86. The van der Waals surface area contributed by atoms with Gasteiger partial charge in [-0.25, -0.2) is 0 Å². The molecule has 0 saturated heterocycles. The van der Waals surface area contributed by atoms with Gasteiger partial charge in [0.15, 0.2) is 5.58 Å². The summed E-state index contributed by atoms with van der Waals surface area (Å²) in [5.41, 5.74) is 14.4. The molecule has 4 aromatic heterocycles. The lowest BCUT2D eigenvalue weighted by atomic mass is 9.94. The average Bonchev–Trinajstić information content (AvgIpc) is 4.02. The maximum atomic E-state index is 6.46. The first kappa shape index (κ1) is 41.5. The van der Waals surface area contributed by atoms with Crippen LogP contribution in [-0.4, -0.2) is 28.5 Å². The monoisotopic (exact) mass is 875 g/mol. The minimum absolute atomic E-state index is 0.00849. The molecule has 0 fully saturated rings. The second-order valence-electron chi connectivity index (χ2n) is 17.1. The number of aromatic nitrogens is 2. The van der Waals surface area contributed by atoms with E-state index in [1.807, 2.05) is 42.5 Å². The van der Waals surface area contributed by atoms with Crippen molar-refractivity contribution in [1.82, 2.24) is 9.55 Å². The minimum atomic E-state index is 0.00849. The molecule has 328 valence electrons. The molecule has 8 nitrogen and oxygen atoms in total. The topological polar surface area (TPSA) is 85.2 Å². The molecule has 11 rings (SSSR count). The Kier molecular flexibility index (Phi) is 10.9. The second-order valence-corrected chi connectivity index (χ2v) is 17.1. The van der Waals surface area contributed by atoms with Gasteiger partial charge in [0.2, 0.25) is 0 Å². The fourth-order valence-electron chi connectivity index (χ4n) is 9.76. The van der Waals surface area contributed by atoms with Crippen LogP contribution in [0.1, 0.15) is 70.4 Å². The first-order chi connectivity index (χ1) is 33.0. The lowest BCUT2D eigenvalue weighted by Crippen LogP contribution is -2.19. The van der Waals surface area contributed by atoms with Gasteiger partial charge in [0.05, 0.1) is 22.6 Å². The molecule has 0 saturated carbocycles. The Balaban J connectivity index is 1.09. The molecule has 4 aromatic carbocycles. The molecule has 3 aliphatic rings. The number of fused-ring (bicyclic) bond motifs is 10. The Bertz CT molecular complexity index is 3550. The number of hydrogen-bond donors (Lipinski definition) is 0. The second kappa shape index (κ2) is 17.6. The van der Waals surface area contributed by atoms with Gasteiger partial charge in [-0.15, -0.1) is 0 Å². The molecule has 0 amide bonds. The van der Waals surface area contributed by atoms with Crippen molar-refractivity contribution in [2.24, 2.45) is 9.98 Å². The van der Waals surface area contributed by atoms with Crippen LogP contribution in [0.25, 0.3) is 68.2 Å². The van der Waals surface area contributed by atoms with Crippen LogP contribution in [0.15, 0.2) is 181 Å². The zero-order valence-corrected chi connectivity index (χ0v) is 37.7. The molecule has 1 unspecified atom stereocenters. The van der Waals surface area contributed by atoms with Crippen molar-refractivity contribution in [1.29, 1.82) is 0 Å². The summed E-state index contributed by atoms with van der Waals surface area (Å²) in [6, 6.07) is 25.6. The van der Waals surface area contributed by atoms with Gasteiger partial charge in [-0.1, -0.05) is 117 Å². The summed E-state index contributed by atoms with van der Waals surface area (Å²) < 4.78 is 21.4. The van der Waals surface area contributed by atoms with E-state index < -0.39 is 0 Å². The predicted molar refractivity (Wildman–Crippen MR) is 279 cm³/mol. The molecule has 2 aliphatic carbocycles. The maximum absolute atomic E-state index is 6.46. The molecule has 0 N–H and O–H groups in total. The number of furan rings is 2. The number of oxazole rings is 1. The average molecular weight is 876 g/mol. The third kappa shape index (κ3) is 7.60. The Morgan fingerprint density at radius 2 is 1.67 bits per heavy atom. The molecule has 8 heteroatoms. The van der Waals surface area contributed by atoms with Crippen molar-refractivity contribution in [3.63, 3.8) is 0 Å². The molecule has 8 aromatic rings. The van der Waals surface area contributed by atoms with E-state index in [9.17, 15) is 0 Å². The van der Waals surface area contributed by atoms with Crippen LogP contribution in [0.4, 0.5) is 11.7 Å². The van der Waals surface area contributed by atoms with Crippen molar-refractivity contribution in [3.05, 3.63) is 209 Å². The number of anilines is 2. The van der Waals surface area contributed by atoms with Gasteiger partial charge in [-0.2, -0.15) is 4.98 Å². The molecular weight excluding hydrogens is 827 g/mol. The van der Waals surface area contributed by atoms with Gasteiger partial charge >= 0.3 is 6.01 Å². The highest BCUT2D eigenvalue weighted by Gasteiger charge is 2.27. The van der Waals surface area contributed by atoms with E-state index in [1.54, 1.807) is 0 Å². The van der Waals surface area contributed by atoms with E-state index in [-0.39, 0.29) is 5.92 Å². The van der Waals surface area contributed by atoms with Crippen LogP contribution in [0.5, 0.6) is 0 Å². The molecule has 5 heterocycles. The zero-order chi connectivity index (χ0) is 45.4. The Morgan fingerprint density at radius 3 is 2.54 bits per heavy atom. The summed E-state index contributed by atoms with van der Waals surface area (Å²) in [6.45, 7) is 13.6. The summed E-state index contributed by atoms with van der Waals surface area (Å²) in [7, 11) is 0. The Labute approximate surface area is 389 Å². The van der Waals surface area contributed by atoms with E-state index in [4.69, 9.17) is 23.2 Å². The molecule has 0 spiro atoms. The van der Waals surface area contributed by atoms with Crippen molar-refractivity contribution in [2.45, 2.75) is 45.7 Å². The zero-order valence-electron chi connectivity index (χ0n) is 37.7. The molecule has 67 heavy (non-hydrogen) atoms. The van der Waals surface area contributed by atoms with Gasteiger partial charge in [0, 0.05) is 75.0 Å². The van der Waals surface area contributed by atoms with Crippen molar-refractivity contribution in [2.75, 3.05) is 11.4 Å². The predicted octanol–water partition coefficient (Wildman–Crippen LogP) is 14.8. The normalized spacial score (nSPS) is 17.1. The van der Waals surface area contributed by atoms with Gasteiger partial charge in [-0.05, 0) is 92.4 Å². The van der Waals surface area contributed by atoms with E-state index in [2.05, 4.69) is 169 Å². The van der Waals surface area contributed by atoms with Crippen LogP contribution in [-0.2, 0) is 25.9 Å². The van der Waals surface area contributed by atoms with Crippen molar-refractivity contribution >= 4 is 92.4 Å². The van der Waals surface area contributed by atoms with Crippen LogP contribution in [0.2, 0.25) is 0 Å². The van der Waals surface area contributed by atoms with Crippen LogP contribution in [0.3, 0.4) is 0 Å². The summed E-state index contributed by atoms with van der Waals surface area (Å²) in [5, 5.41) is 3.26. The largest absolute Gasteiger partial charge is 0.460 e. The minimum Gasteiger partial charge on any atom is -0.460 e. The number of allylic oxidation sites excluding steroid dienone is 12. The SMILES string of the molecule is C=Cc1c(/C=C\C)c2ccc3c(c2n1C/N=C(\C=C(\Cc1ccc2oc4c(c2c1)C=CC=CC4)N=C)c1ccc2oc4c(c2c1)CC=CC=C4)C(C)/C=C\C=C/CN3c1nc2ccccc2o1. The fraction of sp³-hybridized carbons (Fsp3) is 0.136. The fourth-order valence-corrected chi connectivity index (χ4v) is 9.76. The van der Waals surface area contributed by atoms with Gasteiger partial charge < -0.3 is 17.8 Å². The number of benzene rings is 4. The number of rotatable bonds is 10. The standard InChI is InChI=1S/C59H49N5O3/c1-5-18-42-45-28-29-51-57(38(3)19-10-9-17-32-63(51)59-62-48-22-15-16-25-56(48)67-59)58(45)64(50(42)6-2)37-61-49(40-27-31-55-47(35-40)44-21-12-8-14-24-53(44)66-55)36-41(60-4)33-39-26-30-54-46(34-39)43-20-11-7-13-23-52(43)65-54/h5-20,22,24-31,34-36,38H,2,4,21,23,32-33,37H2,1,3H3/b17-9-,18-5-,19-10-,41-36-,61-49+.